The van der Waals surface area contributed by atoms with Gasteiger partial charge in [0.1, 0.15) is 0 Å². The highest BCUT2D eigenvalue weighted by atomic mass is 19.1. The highest BCUT2D eigenvalue weighted by Gasteiger charge is 2.19. The molecule has 1 heterocycles. The summed E-state index contributed by atoms with van der Waals surface area (Å²) in [4.78, 5) is 15.5. The third-order valence-corrected chi connectivity index (χ3v) is 4.04. The molecule has 20 heavy (non-hydrogen) atoms. The van der Waals surface area contributed by atoms with Gasteiger partial charge in [0.25, 0.3) is 5.91 Å². The first-order valence-electron chi connectivity index (χ1n) is 7.26. The number of amides is 1. The Balaban J connectivity index is 1.82. The number of halogens is 1. The molecule has 1 aliphatic rings. The van der Waals surface area contributed by atoms with E-state index in [1.807, 2.05) is 0 Å². The molecule has 0 saturated heterocycles. The van der Waals surface area contributed by atoms with Crippen molar-refractivity contribution in [1.29, 1.82) is 0 Å². The number of carbonyl (C=O) groups excluding carboxylic acids is 1. The molecule has 3 N–H and O–H groups in total. The maximum Gasteiger partial charge on any atom is 0.254 e. The molecule has 1 aromatic heterocycles. The average Bonchev–Trinajstić information content (AvgIpc) is 2.42. The van der Waals surface area contributed by atoms with E-state index < -0.39 is 11.7 Å². The second-order valence-corrected chi connectivity index (χ2v) is 5.74. The fourth-order valence-electron chi connectivity index (χ4n) is 2.94. The van der Waals surface area contributed by atoms with Crippen LogP contribution in [0, 0.1) is 17.7 Å². The average molecular weight is 279 g/mol. The van der Waals surface area contributed by atoms with Gasteiger partial charge in [0.15, 0.2) is 11.6 Å². The van der Waals surface area contributed by atoms with Gasteiger partial charge in [-0.15, -0.1) is 0 Å². The predicted molar refractivity (Wildman–Crippen MR) is 76.7 cm³/mol. The number of nitrogens with two attached hydrogens (primary N) is 1. The van der Waals surface area contributed by atoms with Crippen molar-refractivity contribution in [3.63, 3.8) is 0 Å². The number of hydrogen-bond donors (Lipinski definition) is 2. The molecule has 1 saturated carbocycles. The van der Waals surface area contributed by atoms with Crippen LogP contribution in [0.2, 0.25) is 0 Å². The molecule has 5 heteroatoms. The Hall–Kier alpha value is -1.65. The normalized spacial score (nSPS) is 22.5. The van der Waals surface area contributed by atoms with Crippen LogP contribution < -0.4 is 11.1 Å². The zero-order valence-electron chi connectivity index (χ0n) is 11.9. The van der Waals surface area contributed by atoms with Crippen molar-refractivity contribution in [2.75, 3.05) is 12.3 Å². The molecule has 0 radical (unpaired) electrons. The molecule has 1 fully saturated rings. The van der Waals surface area contributed by atoms with Crippen molar-refractivity contribution in [1.82, 2.24) is 10.3 Å². The van der Waals surface area contributed by atoms with Gasteiger partial charge in [-0.3, -0.25) is 4.79 Å². The van der Waals surface area contributed by atoms with Gasteiger partial charge < -0.3 is 11.1 Å². The molecular weight excluding hydrogens is 257 g/mol. The molecule has 0 aromatic carbocycles. The van der Waals surface area contributed by atoms with Crippen molar-refractivity contribution >= 4 is 11.7 Å². The number of nitrogen functional groups attached to an aromatic ring is 1. The van der Waals surface area contributed by atoms with Crippen LogP contribution in [0.5, 0.6) is 0 Å². The zero-order valence-corrected chi connectivity index (χ0v) is 11.9. The molecule has 2 unspecified atom stereocenters. The van der Waals surface area contributed by atoms with E-state index >= 15 is 0 Å². The number of carbonyl (C=O) groups is 1. The smallest absolute Gasteiger partial charge is 0.254 e. The maximum absolute atomic E-state index is 13.6. The predicted octanol–water partition coefficient (Wildman–Crippen LogP) is 2.75. The van der Waals surface area contributed by atoms with Crippen molar-refractivity contribution in [2.45, 2.75) is 39.0 Å². The molecule has 0 aliphatic heterocycles. The summed E-state index contributed by atoms with van der Waals surface area (Å²) in [7, 11) is 0. The van der Waals surface area contributed by atoms with Gasteiger partial charge in [0.05, 0.1) is 5.56 Å². The van der Waals surface area contributed by atoms with E-state index in [1.54, 1.807) is 0 Å². The summed E-state index contributed by atoms with van der Waals surface area (Å²) in [5.74, 6) is 0.0591. The Kier molecular flexibility index (Phi) is 4.93. The molecule has 0 bridgehead atoms. The summed E-state index contributed by atoms with van der Waals surface area (Å²) in [5.41, 5.74) is 5.32. The topological polar surface area (TPSA) is 68.0 Å². The molecule has 1 aromatic rings. The van der Waals surface area contributed by atoms with Gasteiger partial charge in [0, 0.05) is 12.7 Å². The van der Waals surface area contributed by atoms with Crippen LogP contribution in [0.15, 0.2) is 12.3 Å². The Bertz CT molecular complexity index is 478. The number of hydrogen-bond acceptors (Lipinski definition) is 3. The van der Waals surface area contributed by atoms with E-state index in [0.29, 0.717) is 12.5 Å². The van der Waals surface area contributed by atoms with E-state index in [9.17, 15) is 9.18 Å². The minimum Gasteiger partial charge on any atom is -0.381 e. The minimum absolute atomic E-state index is 0.0329. The second-order valence-electron chi connectivity index (χ2n) is 5.74. The lowest BCUT2D eigenvalue weighted by atomic mass is 9.81. The van der Waals surface area contributed by atoms with Gasteiger partial charge in [0.2, 0.25) is 0 Å². The highest BCUT2D eigenvalue weighted by Crippen LogP contribution is 2.30. The summed E-state index contributed by atoms with van der Waals surface area (Å²) < 4.78 is 13.6. The number of anilines is 1. The summed E-state index contributed by atoms with van der Waals surface area (Å²) in [6, 6.07) is 1.35. The highest BCUT2D eigenvalue weighted by molar-refractivity contribution is 5.95. The monoisotopic (exact) mass is 279 g/mol. The SMILES string of the molecule is CC1CCCC(CCNC(=O)c2ccnc(N)c2F)C1. The van der Waals surface area contributed by atoms with Crippen LogP contribution in [0.3, 0.4) is 0 Å². The third-order valence-electron chi connectivity index (χ3n) is 4.04. The van der Waals surface area contributed by atoms with Crippen molar-refractivity contribution < 1.29 is 9.18 Å². The van der Waals surface area contributed by atoms with Gasteiger partial charge in [-0.25, -0.2) is 9.37 Å². The molecule has 1 aliphatic carbocycles. The fourth-order valence-corrected chi connectivity index (χ4v) is 2.94. The molecular formula is C15H22FN3O. The largest absolute Gasteiger partial charge is 0.381 e. The third kappa shape index (κ3) is 3.68. The molecule has 4 nitrogen and oxygen atoms in total. The van der Waals surface area contributed by atoms with Crippen LogP contribution in [0.25, 0.3) is 0 Å². The number of nitrogens with one attached hydrogen (secondary N) is 1. The Morgan fingerprint density at radius 3 is 3.10 bits per heavy atom. The quantitative estimate of drug-likeness (QED) is 0.890. The summed E-state index contributed by atoms with van der Waals surface area (Å²) in [6.45, 7) is 2.86. The lowest BCUT2D eigenvalue weighted by Crippen LogP contribution is -2.28. The second kappa shape index (κ2) is 6.68. The molecule has 1 amide bonds. The van der Waals surface area contributed by atoms with Crippen LogP contribution in [-0.4, -0.2) is 17.4 Å². The molecule has 110 valence electrons. The van der Waals surface area contributed by atoms with Gasteiger partial charge in [-0.1, -0.05) is 26.2 Å². The van der Waals surface area contributed by atoms with E-state index in [0.717, 1.165) is 12.3 Å². The Morgan fingerprint density at radius 1 is 1.55 bits per heavy atom. The van der Waals surface area contributed by atoms with E-state index in [2.05, 4.69) is 17.2 Å². The lowest BCUT2D eigenvalue weighted by molar-refractivity contribution is 0.0945. The summed E-state index contributed by atoms with van der Waals surface area (Å²) in [6.07, 6.45) is 7.34. The van der Waals surface area contributed by atoms with E-state index in [4.69, 9.17) is 5.73 Å². The first-order valence-corrected chi connectivity index (χ1v) is 7.26. The number of rotatable bonds is 4. The zero-order chi connectivity index (χ0) is 14.5. The molecule has 0 spiro atoms. The molecule has 2 rings (SSSR count). The van der Waals surface area contributed by atoms with Gasteiger partial charge in [-0.2, -0.15) is 0 Å². The van der Waals surface area contributed by atoms with Gasteiger partial charge in [-0.05, 0) is 30.7 Å². The Morgan fingerprint density at radius 2 is 2.35 bits per heavy atom. The van der Waals surface area contributed by atoms with Crippen molar-refractivity contribution in [3.05, 3.63) is 23.6 Å². The number of aromatic nitrogens is 1. The van der Waals surface area contributed by atoms with Gasteiger partial charge >= 0.3 is 0 Å². The summed E-state index contributed by atoms with van der Waals surface area (Å²) >= 11 is 0. The summed E-state index contributed by atoms with van der Waals surface area (Å²) in [5, 5.41) is 2.77. The standard InChI is InChI=1S/C15H22FN3O/c1-10-3-2-4-11(9-10)5-7-19-15(20)12-6-8-18-14(17)13(12)16/h6,8,10-11H,2-5,7,9H2,1H3,(H2,17,18)(H,19,20). The van der Waals surface area contributed by atoms with Crippen LogP contribution in [-0.2, 0) is 0 Å². The first kappa shape index (κ1) is 14.8. The fraction of sp³-hybridized carbons (Fsp3) is 0.600. The van der Waals surface area contributed by atoms with Crippen LogP contribution >= 0.6 is 0 Å². The first-order chi connectivity index (χ1) is 9.58. The van der Waals surface area contributed by atoms with E-state index in [-0.39, 0.29) is 11.4 Å². The Labute approximate surface area is 119 Å². The maximum atomic E-state index is 13.6. The van der Waals surface area contributed by atoms with E-state index in [1.165, 1.54) is 37.9 Å². The lowest BCUT2D eigenvalue weighted by Gasteiger charge is -2.26. The van der Waals surface area contributed by atoms with Crippen molar-refractivity contribution in [3.8, 4) is 0 Å². The molecule has 2 atom stereocenters. The minimum atomic E-state index is -0.740. The van der Waals surface area contributed by atoms with Crippen LogP contribution in [0.4, 0.5) is 10.2 Å². The van der Waals surface area contributed by atoms with Crippen LogP contribution in [0.1, 0.15) is 49.4 Å². The number of pyridine rings is 1. The number of nitrogens with zero attached hydrogens (tertiary/aromatic N) is 1. The van der Waals surface area contributed by atoms with Crippen molar-refractivity contribution in [2.24, 2.45) is 11.8 Å².